The Kier molecular flexibility index (Phi) is 2.96. The fourth-order valence-electron chi connectivity index (χ4n) is 1.45. The van der Waals surface area contributed by atoms with Crippen LogP contribution in [0.5, 0.6) is 0 Å². The molecule has 16 heavy (non-hydrogen) atoms. The SMILES string of the molecule is CC(C=O)=Cc1ccc(-n2ccnc2)cc1. The zero-order chi connectivity index (χ0) is 11.4. The molecule has 0 aliphatic carbocycles. The molecule has 0 saturated heterocycles. The molecule has 0 radical (unpaired) electrons. The van der Waals surface area contributed by atoms with Gasteiger partial charge in [-0.1, -0.05) is 12.1 Å². The van der Waals surface area contributed by atoms with Crippen molar-refractivity contribution >= 4 is 12.4 Å². The van der Waals surface area contributed by atoms with Gasteiger partial charge in [-0.3, -0.25) is 4.79 Å². The summed E-state index contributed by atoms with van der Waals surface area (Å²) in [6.07, 6.45) is 8.09. The average Bonchev–Trinajstić information content (AvgIpc) is 2.83. The Morgan fingerprint density at radius 3 is 2.62 bits per heavy atom. The van der Waals surface area contributed by atoms with Crippen LogP contribution in [0.3, 0.4) is 0 Å². The molecule has 3 heteroatoms. The van der Waals surface area contributed by atoms with Gasteiger partial charge < -0.3 is 4.57 Å². The standard InChI is InChI=1S/C13H12N2O/c1-11(9-16)8-12-2-4-13(5-3-12)15-7-6-14-10-15/h2-10H,1H3. The second-order valence-electron chi connectivity index (χ2n) is 3.57. The van der Waals surface area contributed by atoms with Gasteiger partial charge in [0.15, 0.2) is 0 Å². The van der Waals surface area contributed by atoms with Crippen molar-refractivity contribution in [2.24, 2.45) is 0 Å². The van der Waals surface area contributed by atoms with Gasteiger partial charge in [0.2, 0.25) is 0 Å². The largest absolute Gasteiger partial charge is 0.306 e. The predicted molar refractivity (Wildman–Crippen MR) is 63.3 cm³/mol. The second-order valence-corrected chi connectivity index (χ2v) is 3.57. The van der Waals surface area contributed by atoms with E-state index in [1.165, 1.54) is 0 Å². The molecule has 0 bridgehead atoms. The summed E-state index contributed by atoms with van der Waals surface area (Å²) in [5.41, 5.74) is 2.79. The van der Waals surface area contributed by atoms with E-state index >= 15 is 0 Å². The van der Waals surface area contributed by atoms with E-state index in [4.69, 9.17) is 0 Å². The number of carbonyl (C=O) groups excluding carboxylic acids is 1. The molecule has 0 atom stereocenters. The van der Waals surface area contributed by atoms with Crippen LogP contribution in [0.15, 0.2) is 48.6 Å². The normalized spacial score (nSPS) is 11.4. The van der Waals surface area contributed by atoms with Gasteiger partial charge in [0.1, 0.15) is 6.29 Å². The summed E-state index contributed by atoms with van der Waals surface area (Å²) < 4.78 is 1.93. The first-order valence-electron chi connectivity index (χ1n) is 5.01. The van der Waals surface area contributed by atoms with Gasteiger partial charge in [-0.05, 0) is 36.3 Å². The van der Waals surface area contributed by atoms with Gasteiger partial charge in [0, 0.05) is 18.1 Å². The maximum absolute atomic E-state index is 10.5. The molecule has 3 nitrogen and oxygen atoms in total. The van der Waals surface area contributed by atoms with Crippen LogP contribution >= 0.6 is 0 Å². The molecule has 0 aliphatic heterocycles. The van der Waals surface area contributed by atoms with Crippen LogP contribution in [0, 0.1) is 0 Å². The van der Waals surface area contributed by atoms with Crippen molar-refractivity contribution in [3.05, 3.63) is 54.1 Å². The van der Waals surface area contributed by atoms with Crippen LogP contribution in [0.4, 0.5) is 0 Å². The highest BCUT2D eigenvalue weighted by molar-refractivity contribution is 5.80. The summed E-state index contributed by atoms with van der Waals surface area (Å²) in [6, 6.07) is 7.93. The molecule has 1 heterocycles. The first kappa shape index (κ1) is 10.4. The molecule has 0 N–H and O–H groups in total. The summed E-state index contributed by atoms with van der Waals surface area (Å²) in [5, 5.41) is 0. The summed E-state index contributed by atoms with van der Waals surface area (Å²) in [7, 11) is 0. The second kappa shape index (κ2) is 4.57. The predicted octanol–water partition coefficient (Wildman–Crippen LogP) is 2.47. The first-order valence-corrected chi connectivity index (χ1v) is 5.01. The van der Waals surface area contributed by atoms with Crippen molar-refractivity contribution in [2.45, 2.75) is 6.92 Å². The van der Waals surface area contributed by atoms with Crippen LogP contribution in [-0.4, -0.2) is 15.8 Å². The van der Waals surface area contributed by atoms with Gasteiger partial charge in [0.25, 0.3) is 0 Å². The maximum atomic E-state index is 10.5. The lowest BCUT2D eigenvalue weighted by Crippen LogP contribution is -1.89. The number of hydrogen-bond acceptors (Lipinski definition) is 2. The van der Waals surface area contributed by atoms with Crippen LogP contribution in [-0.2, 0) is 4.79 Å². The number of aldehydes is 1. The number of nitrogens with zero attached hydrogens (tertiary/aromatic N) is 2. The molecular weight excluding hydrogens is 200 g/mol. The van der Waals surface area contributed by atoms with Crippen LogP contribution in [0.25, 0.3) is 11.8 Å². The number of imidazole rings is 1. The van der Waals surface area contributed by atoms with Gasteiger partial charge in [-0.2, -0.15) is 0 Å². The highest BCUT2D eigenvalue weighted by Crippen LogP contribution is 2.11. The van der Waals surface area contributed by atoms with E-state index in [1.807, 2.05) is 41.1 Å². The van der Waals surface area contributed by atoms with E-state index in [0.29, 0.717) is 0 Å². The van der Waals surface area contributed by atoms with E-state index in [0.717, 1.165) is 23.1 Å². The average molecular weight is 212 g/mol. The lowest BCUT2D eigenvalue weighted by atomic mass is 10.1. The molecule has 0 fully saturated rings. The summed E-state index contributed by atoms with van der Waals surface area (Å²) >= 11 is 0. The van der Waals surface area contributed by atoms with Crippen molar-refractivity contribution in [2.75, 3.05) is 0 Å². The van der Waals surface area contributed by atoms with E-state index in [9.17, 15) is 4.79 Å². The third-order valence-corrected chi connectivity index (χ3v) is 2.28. The fraction of sp³-hybridized carbons (Fsp3) is 0.0769. The minimum absolute atomic E-state index is 0.718. The highest BCUT2D eigenvalue weighted by atomic mass is 16.1. The third-order valence-electron chi connectivity index (χ3n) is 2.28. The zero-order valence-electron chi connectivity index (χ0n) is 9.00. The highest BCUT2D eigenvalue weighted by Gasteiger charge is 1.95. The first-order chi connectivity index (χ1) is 7.79. The van der Waals surface area contributed by atoms with E-state index in [2.05, 4.69) is 4.98 Å². The molecule has 0 amide bonds. The third kappa shape index (κ3) is 2.25. The number of aromatic nitrogens is 2. The Morgan fingerprint density at radius 1 is 1.31 bits per heavy atom. The van der Waals surface area contributed by atoms with Crippen molar-refractivity contribution < 1.29 is 4.79 Å². The van der Waals surface area contributed by atoms with E-state index in [-0.39, 0.29) is 0 Å². The lowest BCUT2D eigenvalue weighted by molar-refractivity contribution is -0.104. The fourth-order valence-corrected chi connectivity index (χ4v) is 1.45. The van der Waals surface area contributed by atoms with Crippen molar-refractivity contribution in [1.29, 1.82) is 0 Å². The molecule has 2 rings (SSSR count). The van der Waals surface area contributed by atoms with Crippen LogP contribution in [0.1, 0.15) is 12.5 Å². The Morgan fingerprint density at radius 2 is 2.06 bits per heavy atom. The molecule has 0 aliphatic rings. The molecule has 0 unspecified atom stereocenters. The monoisotopic (exact) mass is 212 g/mol. The van der Waals surface area contributed by atoms with Crippen molar-refractivity contribution in [1.82, 2.24) is 9.55 Å². The number of allylic oxidation sites excluding steroid dienone is 1. The Labute approximate surface area is 94.1 Å². The molecule has 1 aromatic carbocycles. The zero-order valence-corrected chi connectivity index (χ0v) is 9.00. The Balaban J connectivity index is 2.27. The van der Waals surface area contributed by atoms with Gasteiger partial charge in [0.05, 0.1) is 6.33 Å². The number of rotatable bonds is 3. The summed E-state index contributed by atoms with van der Waals surface area (Å²) in [5.74, 6) is 0. The number of carbonyl (C=O) groups is 1. The molecular formula is C13H12N2O. The van der Waals surface area contributed by atoms with E-state index < -0.39 is 0 Å². The van der Waals surface area contributed by atoms with E-state index in [1.54, 1.807) is 19.4 Å². The van der Waals surface area contributed by atoms with Gasteiger partial charge >= 0.3 is 0 Å². The van der Waals surface area contributed by atoms with Crippen molar-refractivity contribution in [3.8, 4) is 5.69 Å². The molecule has 80 valence electrons. The van der Waals surface area contributed by atoms with Crippen LogP contribution in [0.2, 0.25) is 0 Å². The maximum Gasteiger partial charge on any atom is 0.145 e. The van der Waals surface area contributed by atoms with Crippen molar-refractivity contribution in [3.63, 3.8) is 0 Å². The minimum Gasteiger partial charge on any atom is -0.306 e. The topological polar surface area (TPSA) is 34.9 Å². The molecule has 0 saturated carbocycles. The smallest absolute Gasteiger partial charge is 0.145 e. The van der Waals surface area contributed by atoms with Crippen LogP contribution < -0.4 is 0 Å². The Bertz CT molecular complexity index is 495. The molecule has 1 aromatic heterocycles. The molecule has 2 aromatic rings. The van der Waals surface area contributed by atoms with Gasteiger partial charge in [-0.15, -0.1) is 0 Å². The quantitative estimate of drug-likeness (QED) is 0.578. The lowest BCUT2D eigenvalue weighted by Gasteiger charge is -2.02. The summed E-state index contributed by atoms with van der Waals surface area (Å²) in [6.45, 7) is 1.79. The van der Waals surface area contributed by atoms with Gasteiger partial charge in [-0.25, -0.2) is 4.98 Å². The minimum atomic E-state index is 0.718. The number of benzene rings is 1. The Hall–Kier alpha value is -2.16. The summed E-state index contributed by atoms with van der Waals surface area (Å²) in [4.78, 5) is 14.5. The molecule has 0 spiro atoms. The number of hydrogen-bond donors (Lipinski definition) is 0.